The molecule has 16 heavy (non-hydrogen) atoms. The molecule has 0 aliphatic carbocycles. The second-order valence-electron chi connectivity index (χ2n) is 3.22. The first-order valence-corrected chi connectivity index (χ1v) is 4.50. The average molecular weight is 249 g/mol. The van der Waals surface area contributed by atoms with Crippen LogP contribution in [0.1, 0.15) is 5.56 Å². The van der Waals surface area contributed by atoms with Gasteiger partial charge in [0.25, 0.3) is 0 Å². The quantitative estimate of drug-likeness (QED) is 0.841. The van der Waals surface area contributed by atoms with E-state index in [0.29, 0.717) is 6.42 Å². The van der Waals surface area contributed by atoms with Crippen molar-refractivity contribution in [3.8, 4) is 0 Å². The number of hydrogen-bond acceptors (Lipinski definition) is 3. The Morgan fingerprint density at radius 3 is 2.75 bits per heavy atom. The third kappa shape index (κ3) is 5.53. The van der Waals surface area contributed by atoms with Gasteiger partial charge in [0.15, 0.2) is 0 Å². The van der Waals surface area contributed by atoms with Crippen molar-refractivity contribution in [2.75, 3.05) is 6.61 Å². The molecule has 1 atom stereocenters. The molecular formula is C10H14ClFN2O2. The highest BCUT2D eigenvalue weighted by atomic mass is 35.5. The lowest BCUT2D eigenvalue weighted by Gasteiger charge is -2.10. The molecule has 0 radical (unpaired) electrons. The van der Waals surface area contributed by atoms with Crippen molar-refractivity contribution in [3.63, 3.8) is 0 Å². The predicted octanol–water partition coefficient (Wildman–Crippen LogP) is 1.21. The monoisotopic (exact) mass is 248 g/mol. The summed E-state index contributed by atoms with van der Waals surface area (Å²) >= 11 is 0. The van der Waals surface area contributed by atoms with Gasteiger partial charge in [0, 0.05) is 6.04 Å². The Kier molecular flexibility index (Phi) is 6.44. The fourth-order valence-corrected chi connectivity index (χ4v) is 1.21. The number of carbonyl (C=O) groups is 1. The van der Waals surface area contributed by atoms with Gasteiger partial charge >= 0.3 is 6.09 Å². The number of amides is 1. The number of nitrogens with two attached hydrogens (primary N) is 2. The van der Waals surface area contributed by atoms with Crippen molar-refractivity contribution in [3.05, 3.63) is 35.6 Å². The zero-order valence-corrected chi connectivity index (χ0v) is 9.37. The summed E-state index contributed by atoms with van der Waals surface area (Å²) in [5.41, 5.74) is 11.2. The number of rotatable bonds is 4. The van der Waals surface area contributed by atoms with Crippen LogP contribution in [0.2, 0.25) is 0 Å². The minimum Gasteiger partial charge on any atom is -0.448 e. The largest absolute Gasteiger partial charge is 0.448 e. The van der Waals surface area contributed by atoms with E-state index in [2.05, 4.69) is 4.74 Å². The number of halogens is 2. The molecule has 0 heterocycles. The van der Waals surface area contributed by atoms with Crippen molar-refractivity contribution < 1.29 is 13.9 Å². The molecule has 1 amide bonds. The van der Waals surface area contributed by atoms with Gasteiger partial charge < -0.3 is 16.2 Å². The number of ether oxygens (including phenoxy) is 1. The second-order valence-corrected chi connectivity index (χ2v) is 3.22. The SMILES string of the molecule is Cl.NC(=O)OC[C@@H](N)Cc1cccc(F)c1. The minimum absolute atomic E-state index is 0. The van der Waals surface area contributed by atoms with E-state index in [4.69, 9.17) is 11.5 Å². The van der Waals surface area contributed by atoms with E-state index in [9.17, 15) is 9.18 Å². The molecule has 1 aromatic carbocycles. The molecule has 6 heteroatoms. The number of benzene rings is 1. The molecular weight excluding hydrogens is 235 g/mol. The van der Waals surface area contributed by atoms with Gasteiger partial charge in [0.05, 0.1) is 0 Å². The first-order valence-electron chi connectivity index (χ1n) is 4.50. The molecule has 0 aliphatic rings. The summed E-state index contributed by atoms with van der Waals surface area (Å²) in [5.74, 6) is -0.310. The summed E-state index contributed by atoms with van der Waals surface area (Å²) in [6.07, 6.45) is -0.421. The molecule has 4 nitrogen and oxygen atoms in total. The Balaban J connectivity index is 0.00000225. The third-order valence-electron chi connectivity index (χ3n) is 1.83. The van der Waals surface area contributed by atoms with E-state index in [1.807, 2.05) is 0 Å². The summed E-state index contributed by atoms with van der Waals surface area (Å²) in [5, 5.41) is 0. The fraction of sp³-hybridized carbons (Fsp3) is 0.300. The standard InChI is InChI=1S/C10H13FN2O2.ClH/c11-8-3-1-2-7(4-8)5-9(12)6-15-10(13)14;/h1-4,9H,5-6,12H2,(H2,13,14);1H/t9-;/m0./s1. The molecule has 0 spiro atoms. The minimum atomic E-state index is -0.857. The summed E-state index contributed by atoms with van der Waals surface area (Å²) < 4.78 is 17.3. The van der Waals surface area contributed by atoms with E-state index in [-0.39, 0.29) is 30.9 Å². The van der Waals surface area contributed by atoms with Gasteiger partial charge in [0.1, 0.15) is 12.4 Å². The Bertz CT molecular complexity index is 349. The van der Waals surface area contributed by atoms with Crippen LogP contribution in [0.15, 0.2) is 24.3 Å². The summed E-state index contributed by atoms with van der Waals surface area (Å²) in [6, 6.07) is 5.73. The van der Waals surface area contributed by atoms with Gasteiger partial charge in [-0.3, -0.25) is 0 Å². The lowest BCUT2D eigenvalue weighted by atomic mass is 10.1. The van der Waals surface area contributed by atoms with Crippen molar-refractivity contribution in [2.45, 2.75) is 12.5 Å². The number of hydrogen-bond donors (Lipinski definition) is 2. The van der Waals surface area contributed by atoms with Crippen LogP contribution in [0.3, 0.4) is 0 Å². The van der Waals surface area contributed by atoms with Gasteiger partial charge in [-0.25, -0.2) is 9.18 Å². The second kappa shape index (κ2) is 7.03. The molecule has 0 saturated heterocycles. The van der Waals surface area contributed by atoms with Crippen LogP contribution in [0.25, 0.3) is 0 Å². The van der Waals surface area contributed by atoms with Crippen LogP contribution in [0.4, 0.5) is 9.18 Å². The summed E-state index contributed by atoms with van der Waals surface area (Å²) in [7, 11) is 0. The molecule has 1 rings (SSSR count). The van der Waals surface area contributed by atoms with Gasteiger partial charge in [-0.15, -0.1) is 12.4 Å². The van der Waals surface area contributed by atoms with Crippen molar-refractivity contribution in [1.29, 1.82) is 0 Å². The lowest BCUT2D eigenvalue weighted by Crippen LogP contribution is -2.31. The van der Waals surface area contributed by atoms with E-state index in [0.717, 1.165) is 5.56 Å². The Hall–Kier alpha value is -1.33. The van der Waals surface area contributed by atoms with Crippen LogP contribution < -0.4 is 11.5 Å². The third-order valence-corrected chi connectivity index (χ3v) is 1.83. The van der Waals surface area contributed by atoms with Gasteiger partial charge in [0.2, 0.25) is 0 Å². The van der Waals surface area contributed by atoms with Crippen molar-refractivity contribution in [2.24, 2.45) is 11.5 Å². The molecule has 0 fully saturated rings. The number of primary amides is 1. The molecule has 1 aromatic rings. The van der Waals surface area contributed by atoms with E-state index in [1.165, 1.54) is 12.1 Å². The topological polar surface area (TPSA) is 78.3 Å². The van der Waals surface area contributed by atoms with Crippen LogP contribution in [0.5, 0.6) is 0 Å². The van der Waals surface area contributed by atoms with E-state index >= 15 is 0 Å². The highest BCUT2D eigenvalue weighted by Crippen LogP contribution is 2.05. The van der Waals surface area contributed by atoms with Crippen LogP contribution in [-0.2, 0) is 11.2 Å². The van der Waals surface area contributed by atoms with Crippen molar-refractivity contribution in [1.82, 2.24) is 0 Å². The summed E-state index contributed by atoms with van der Waals surface area (Å²) in [6.45, 7) is 0.0336. The molecule has 0 bridgehead atoms. The van der Waals surface area contributed by atoms with Gasteiger partial charge in [-0.05, 0) is 24.1 Å². The maximum Gasteiger partial charge on any atom is 0.404 e. The molecule has 0 aromatic heterocycles. The zero-order valence-electron chi connectivity index (χ0n) is 8.56. The Labute approximate surface area is 99.2 Å². The predicted molar refractivity (Wildman–Crippen MR) is 60.9 cm³/mol. The highest BCUT2D eigenvalue weighted by Gasteiger charge is 2.06. The Morgan fingerprint density at radius 1 is 1.50 bits per heavy atom. The van der Waals surface area contributed by atoms with E-state index in [1.54, 1.807) is 12.1 Å². The molecule has 4 N–H and O–H groups in total. The maximum atomic E-state index is 12.8. The fourth-order valence-electron chi connectivity index (χ4n) is 1.21. The number of carbonyl (C=O) groups excluding carboxylic acids is 1. The molecule has 0 unspecified atom stereocenters. The first-order chi connectivity index (χ1) is 7.08. The maximum absolute atomic E-state index is 12.8. The zero-order chi connectivity index (χ0) is 11.3. The summed E-state index contributed by atoms with van der Waals surface area (Å²) in [4.78, 5) is 10.3. The van der Waals surface area contributed by atoms with Crippen LogP contribution in [-0.4, -0.2) is 18.7 Å². The Morgan fingerprint density at radius 2 is 2.19 bits per heavy atom. The molecule has 90 valence electrons. The van der Waals surface area contributed by atoms with Crippen LogP contribution >= 0.6 is 12.4 Å². The van der Waals surface area contributed by atoms with Crippen LogP contribution in [0, 0.1) is 5.82 Å². The average Bonchev–Trinajstić information content (AvgIpc) is 2.15. The van der Waals surface area contributed by atoms with Crippen molar-refractivity contribution >= 4 is 18.5 Å². The van der Waals surface area contributed by atoms with Gasteiger partial charge in [-0.2, -0.15) is 0 Å². The van der Waals surface area contributed by atoms with E-state index < -0.39 is 6.09 Å². The first kappa shape index (κ1) is 14.7. The molecule has 0 aliphatic heterocycles. The molecule has 0 saturated carbocycles. The lowest BCUT2D eigenvalue weighted by molar-refractivity contribution is 0.149. The smallest absolute Gasteiger partial charge is 0.404 e. The van der Waals surface area contributed by atoms with Gasteiger partial charge in [-0.1, -0.05) is 12.1 Å². The normalized spacial score (nSPS) is 11.4. The highest BCUT2D eigenvalue weighted by molar-refractivity contribution is 5.85.